The van der Waals surface area contributed by atoms with Crippen LogP contribution in [0.1, 0.15) is 53.5 Å². The van der Waals surface area contributed by atoms with Crippen LogP contribution in [0.2, 0.25) is 0 Å². The van der Waals surface area contributed by atoms with Crippen LogP contribution in [-0.2, 0) is 15.0 Å². The number of rotatable bonds is 3. The molecule has 2 rings (SSSR count). The number of hydrogen-bond donors (Lipinski definition) is 1. The summed E-state index contributed by atoms with van der Waals surface area (Å²) in [6.45, 7) is 12.8. The largest absolute Gasteiger partial charge is 0.355 e. The number of nitrogens with zero attached hydrogens (tertiary/aromatic N) is 2. The van der Waals surface area contributed by atoms with E-state index in [1.165, 1.54) is 12.3 Å². The fourth-order valence-electron chi connectivity index (χ4n) is 3.21. The van der Waals surface area contributed by atoms with Crippen LogP contribution in [-0.4, -0.2) is 41.3 Å². The summed E-state index contributed by atoms with van der Waals surface area (Å²) in [5, 5.41) is 3.02. The lowest BCUT2D eigenvalue weighted by Gasteiger charge is -2.32. The third kappa shape index (κ3) is 4.40. The Morgan fingerprint density at radius 3 is 2.35 bits per heavy atom. The predicted molar refractivity (Wildman–Crippen MR) is 99.0 cm³/mol. The maximum absolute atomic E-state index is 13.3. The molecule has 1 saturated heterocycles. The molecule has 1 aliphatic heterocycles. The molecule has 0 bridgehead atoms. The Balaban J connectivity index is 2.28. The van der Waals surface area contributed by atoms with Crippen LogP contribution in [0.3, 0.4) is 0 Å². The SMILES string of the molecule is CC(C)(C)C(=O)NCC1(c2ccc(F)nc2)CCN(C(=O)C(C)(C)C)C1. The van der Waals surface area contributed by atoms with E-state index in [4.69, 9.17) is 0 Å². The summed E-state index contributed by atoms with van der Waals surface area (Å²) < 4.78 is 13.3. The molecule has 0 aromatic carbocycles. The Hall–Kier alpha value is -1.98. The minimum Gasteiger partial charge on any atom is -0.355 e. The number of likely N-dealkylation sites (tertiary alicyclic amines) is 1. The summed E-state index contributed by atoms with van der Waals surface area (Å²) >= 11 is 0. The van der Waals surface area contributed by atoms with Crippen LogP contribution in [0, 0.1) is 16.8 Å². The summed E-state index contributed by atoms with van der Waals surface area (Å²) in [6.07, 6.45) is 2.22. The molecule has 144 valence electrons. The van der Waals surface area contributed by atoms with Gasteiger partial charge in [-0.3, -0.25) is 9.59 Å². The second kappa shape index (κ2) is 6.97. The molecule has 6 heteroatoms. The molecule has 26 heavy (non-hydrogen) atoms. The van der Waals surface area contributed by atoms with E-state index in [9.17, 15) is 14.0 Å². The zero-order valence-electron chi connectivity index (χ0n) is 16.6. The molecule has 1 aromatic heterocycles. The number of halogens is 1. The lowest BCUT2D eigenvalue weighted by molar-refractivity contribution is -0.138. The van der Waals surface area contributed by atoms with E-state index in [1.54, 1.807) is 6.07 Å². The van der Waals surface area contributed by atoms with Gasteiger partial charge in [0.2, 0.25) is 17.8 Å². The van der Waals surface area contributed by atoms with Crippen LogP contribution in [0.15, 0.2) is 18.3 Å². The van der Waals surface area contributed by atoms with E-state index in [0.29, 0.717) is 26.1 Å². The first-order valence-corrected chi connectivity index (χ1v) is 9.05. The first kappa shape index (κ1) is 20.3. The molecule has 0 spiro atoms. The summed E-state index contributed by atoms with van der Waals surface area (Å²) in [4.78, 5) is 30.7. The highest BCUT2D eigenvalue weighted by Crippen LogP contribution is 2.36. The van der Waals surface area contributed by atoms with Crippen LogP contribution in [0.4, 0.5) is 4.39 Å². The highest BCUT2D eigenvalue weighted by atomic mass is 19.1. The van der Waals surface area contributed by atoms with Crippen molar-refractivity contribution in [1.29, 1.82) is 0 Å². The van der Waals surface area contributed by atoms with E-state index < -0.39 is 22.2 Å². The Morgan fingerprint density at radius 1 is 1.19 bits per heavy atom. The molecule has 2 heterocycles. The first-order chi connectivity index (χ1) is 11.8. The van der Waals surface area contributed by atoms with Gasteiger partial charge in [-0.05, 0) is 18.1 Å². The number of hydrogen-bond acceptors (Lipinski definition) is 3. The van der Waals surface area contributed by atoms with Gasteiger partial charge in [-0.25, -0.2) is 4.98 Å². The predicted octanol–water partition coefficient (Wildman–Crippen LogP) is 2.90. The number of amides is 2. The summed E-state index contributed by atoms with van der Waals surface area (Å²) in [5.74, 6) is -0.507. The molecule has 0 saturated carbocycles. The van der Waals surface area contributed by atoms with E-state index in [1.807, 2.05) is 46.4 Å². The minimum atomic E-state index is -0.539. The molecule has 1 fully saturated rings. The maximum Gasteiger partial charge on any atom is 0.227 e. The maximum atomic E-state index is 13.3. The molecule has 1 N–H and O–H groups in total. The van der Waals surface area contributed by atoms with Gasteiger partial charge in [0.15, 0.2) is 0 Å². The van der Waals surface area contributed by atoms with Crippen LogP contribution in [0.25, 0.3) is 0 Å². The molecule has 5 nitrogen and oxygen atoms in total. The van der Waals surface area contributed by atoms with Crippen LogP contribution < -0.4 is 5.32 Å². The number of carbonyl (C=O) groups excluding carboxylic acids is 2. The fourth-order valence-corrected chi connectivity index (χ4v) is 3.21. The quantitative estimate of drug-likeness (QED) is 0.840. The van der Waals surface area contributed by atoms with Crippen molar-refractivity contribution in [2.75, 3.05) is 19.6 Å². The standard InChI is InChI=1S/C20H30FN3O2/c1-18(2,3)16(25)23-12-20(14-7-8-15(21)22-11-14)9-10-24(13-20)17(26)19(4,5)6/h7-8,11H,9-10,12-13H2,1-6H3,(H,23,25). The molecule has 1 atom stereocenters. The summed E-state index contributed by atoms with van der Waals surface area (Å²) in [5.41, 5.74) is -0.576. The van der Waals surface area contributed by atoms with Crippen molar-refractivity contribution >= 4 is 11.8 Å². The van der Waals surface area contributed by atoms with E-state index in [-0.39, 0.29) is 11.8 Å². The topological polar surface area (TPSA) is 62.3 Å². The Labute approximate surface area is 155 Å². The van der Waals surface area contributed by atoms with E-state index in [2.05, 4.69) is 10.3 Å². The van der Waals surface area contributed by atoms with Crippen molar-refractivity contribution in [3.05, 3.63) is 29.8 Å². The van der Waals surface area contributed by atoms with Gasteiger partial charge in [0.1, 0.15) is 0 Å². The van der Waals surface area contributed by atoms with Gasteiger partial charge in [0.25, 0.3) is 0 Å². The molecule has 0 radical (unpaired) electrons. The van der Waals surface area contributed by atoms with Crippen molar-refractivity contribution in [3.63, 3.8) is 0 Å². The van der Waals surface area contributed by atoms with Gasteiger partial charge in [-0.2, -0.15) is 4.39 Å². The van der Waals surface area contributed by atoms with Crippen LogP contribution >= 0.6 is 0 Å². The van der Waals surface area contributed by atoms with Gasteiger partial charge in [0.05, 0.1) is 0 Å². The summed E-state index contributed by atoms with van der Waals surface area (Å²) in [7, 11) is 0. The molecule has 1 aromatic rings. The van der Waals surface area contributed by atoms with Gasteiger partial charge in [0, 0.05) is 42.1 Å². The molecular formula is C20H30FN3O2. The zero-order valence-corrected chi connectivity index (χ0v) is 16.6. The lowest BCUT2D eigenvalue weighted by Crippen LogP contribution is -2.47. The number of pyridine rings is 1. The van der Waals surface area contributed by atoms with E-state index >= 15 is 0 Å². The monoisotopic (exact) mass is 363 g/mol. The third-order valence-corrected chi connectivity index (χ3v) is 4.89. The summed E-state index contributed by atoms with van der Waals surface area (Å²) in [6, 6.07) is 3.04. The Kier molecular flexibility index (Phi) is 5.45. The van der Waals surface area contributed by atoms with Crippen LogP contribution in [0.5, 0.6) is 0 Å². The zero-order chi connectivity index (χ0) is 19.8. The normalized spacial score (nSPS) is 21.0. The molecule has 1 unspecified atom stereocenters. The third-order valence-electron chi connectivity index (χ3n) is 4.89. The fraction of sp³-hybridized carbons (Fsp3) is 0.650. The van der Waals surface area contributed by atoms with Crippen molar-refractivity contribution < 1.29 is 14.0 Å². The average Bonchev–Trinajstić information content (AvgIpc) is 2.96. The highest BCUT2D eigenvalue weighted by Gasteiger charge is 2.44. The Morgan fingerprint density at radius 2 is 1.85 bits per heavy atom. The molecule has 1 aliphatic rings. The van der Waals surface area contributed by atoms with Crippen molar-refractivity contribution in [2.24, 2.45) is 10.8 Å². The van der Waals surface area contributed by atoms with E-state index in [0.717, 1.165) is 5.56 Å². The Bertz CT molecular complexity index is 674. The van der Waals surface area contributed by atoms with Crippen molar-refractivity contribution in [2.45, 2.75) is 53.4 Å². The van der Waals surface area contributed by atoms with Gasteiger partial charge in [-0.1, -0.05) is 47.6 Å². The second-order valence-corrected chi connectivity index (χ2v) is 9.31. The average molecular weight is 363 g/mol. The lowest BCUT2D eigenvalue weighted by atomic mass is 9.80. The van der Waals surface area contributed by atoms with Gasteiger partial charge < -0.3 is 10.2 Å². The van der Waals surface area contributed by atoms with Gasteiger partial charge >= 0.3 is 0 Å². The van der Waals surface area contributed by atoms with Crippen molar-refractivity contribution in [1.82, 2.24) is 15.2 Å². The number of carbonyl (C=O) groups is 2. The molecular weight excluding hydrogens is 333 g/mol. The second-order valence-electron chi connectivity index (χ2n) is 9.31. The highest BCUT2D eigenvalue weighted by molar-refractivity contribution is 5.82. The van der Waals surface area contributed by atoms with Crippen molar-refractivity contribution in [3.8, 4) is 0 Å². The number of aromatic nitrogens is 1. The smallest absolute Gasteiger partial charge is 0.227 e. The molecule has 0 aliphatic carbocycles. The first-order valence-electron chi connectivity index (χ1n) is 9.05. The molecule has 2 amide bonds. The minimum absolute atomic E-state index is 0.0486. The number of nitrogens with one attached hydrogen (secondary N) is 1. The van der Waals surface area contributed by atoms with Gasteiger partial charge in [-0.15, -0.1) is 0 Å².